The van der Waals surface area contributed by atoms with E-state index in [0.717, 1.165) is 60.2 Å². The van der Waals surface area contributed by atoms with Crippen LogP contribution < -0.4 is 0 Å². The molecule has 0 bridgehead atoms. The number of unbranched alkanes of at least 4 members (excludes halogenated alkanes) is 2. The zero-order valence-corrected chi connectivity index (χ0v) is 22.3. The number of thiol groups is 2. The van der Waals surface area contributed by atoms with E-state index in [4.69, 9.17) is 6.15 Å². The molecule has 160 valence electrons. The van der Waals surface area contributed by atoms with E-state index >= 15 is 0 Å². The van der Waals surface area contributed by atoms with Crippen LogP contribution in [-0.4, -0.2) is 42.6 Å². The molecule has 0 saturated heterocycles. The van der Waals surface area contributed by atoms with E-state index in [2.05, 4.69) is 53.0 Å². The molecular formula is C20H40O4S2Sn. The summed E-state index contributed by atoms with van der Waals surface area (Å²) in [5.74, 6) is 0.0971. The molecule has 0 spiro atoms. The predicted molar refractivity (Wildman–Crippen MR) is 122 cm³/mol. The van der Waals surface area contributed by atoms with E-state index in [1.165, 1.54) is 0 Å². The predicted octanol–water partition coefficient (Wildman–Crippen LogP) is 5.81. The van der Waals surface area contributed by atoms with E-state index < -0.39 is 19.2 Å². The minimum atomic E-state index is -3.86. The minimum absolute atomic E-state index is 0.208. The second kappa shape index (κ2) is 16.3. The van der Waals surface area contributed by atoms with Crippen molar-refractivity contribution in [3.63, 3.8) is 0 Å². The molecule has 0 fully saturated rings. The van der Waals surface area contributed by atoms with Crippen molar-refractivity contribution in [2.45, 2.75) is 87.9 Å². The Morgan fingerprint density at radius 2 is 1.11 bits per heavy atom. The van der Waals surface area contributed by atoms with Gasteiger partial charge in [-0.25, -0.2) is 0 Å². The topological polar surface area (TPSA) is 52.6 Å². The molecule has 0 aromatic heterocycles. The van der Waals surface area contributed by atoms with Gasteiger partial charge in [0.25, 0.3) is 0 Å². The van der Waals surface area contributed by atoms with Gasteiger partial charge in [0.15, 0.2) is 0 Å². The van der Waals surface area contributed by atoms with Gasteiger partial charge in [0.1, 0.15) is 0 Å². The Hall–Kier alpha value is 0.439. The molecule has 0 amide bonds. The van der Waals surface area contributed by atoms with Gasteiger partial charge in [-0.3, -0.25) is 0 Å². The molecule has 0 radical (unpaired) electrons. The third kappa shape index (κ3) is 10.7. The Kier molecular flexibility index (Phi) is 16.5. The fraction of sp³-hybridized carbons (Fsp3) is 0.900. The number of rotatable bonds is 16. The number of hydrogen-bond donors (Lipinski definition) is 2. The van der Waals surface area contributed by atoms with Crippen molar-refractivity contribution < 1.29 is 15.7 Å². The number of carbonyl (C=O) groups excluding carboxylic acids is 2. The first-order valence-electron chi connectivity index (χ1n) is 10.6. The van der Waals surface area contributed by atoms with Gasteiger partial charge in [-0.2, -0.15) is 0 Å². The van der Waals surface area contributed by atoms with Crippen molar-refractivity contribution in [2.75, 3.05) is 11.5 Å². The zero-order chi connectivity index (χ0) is 20.7. The quantitative estimate of drug-likeness (QED) is 0.197. The summed E-state index contributed by atoms with van der Waals surface area (Å²) in [4.78, 5) is 25.7. The maximum absolute atomic E-state index is 12.8. The third-order valence-corrected chi connectivity index (χ3v) is 15.3. The Balaban J connectivity index is 5.52. The van der Waals surface area contributed by atoms with Gasteiger partial charge >= 0.3 is 183 Å². The molecule has 27 heavy (non-hydrogen) atoms. The van der Waals surface area contributed by atoms with Crippen molar-refractivity contribution in [3.05, 3.63) is 0 Å². The van der Waals surface area contributed by atoms with E-state index in [1.54, 1.807) is 0 Å². The van der Waals surface area contributed by atoms with E-state index in [9.17, 15) is 9.59 Å². The van der Waals surface area contributed by atoms with Gasteiger partial charge in [0, 0.05) is 0 Å². The van der Waals surface area contributed by atoms with E-state index in [1.807, 2.05) is 0 Å². The molecule has 0 aliphatic heterocycles. The second-order valence-electron chi connectivity index (χ2n) is 7.30. The summed E-state index contributed by atoms with van der Waals surface area (Å²) in [6, 6.07) is 0. The standard InChI is InChI=1S/2C6H12O2S.2C4H9.Sn/c2*1-2-3-5(4-9)6(7)8;2*1-3-4-2;/h2*5,9H,2-4H2,1H3,(H,7,8);2*1,3-4H2,2H3;/q;;;;+2/p-2. The second-order valence-corrected chi connectivity index (χ2v) is 17.2. The van der Waals surface area contributed by atoms with Crippen LogP contribution in [0, 0.1) is 11.8 Å². The molecule has 0 rings (SSSR count). The number of hydrogen-bond acceptors (Lipinski definition) is 6. The molecule has 0 aliphatic carbocycles. The SMILES string of the molecule is CCC[CH2][Sn]([CH2]CCC)([O]C(=O)C(CS)CCC)[O]C(=O)C(CS)CCC. The summed E-state index contributed by atoms with van der Waals surface area (Å²) < 4.78 is 13.8. The Bertz CT molecular complexity index is 383. The average Bonchev–Trinajstić information content (AvgIpc) is 2.66. The summed E-state index contributed by atoms with van der Waals surface area (Å²) in [5, 5.41) is 0. The monoisotopic (exact) mass is 528 g/mol. The van der Waals surface area contributed by atoms with E-state index in [0.29, 0.717) is 11.5 Å². The third-order valence-electron chi connectivity index (χ3n) is 4.78. The van der Waals surface area contributed by atoms with Gasteiger partial charge in [-0.15, -0.1) is 0 Å². The molecule has 2 atom stereocenters. The van der Waals surface area contributed by atoms with Gasteiger partial charge in [0.2, 0.25) is 0 Å². The molecular weight excluding hydrogens is 487 g/mol. The van der Waals surface area contributed by atoms with Crippen LogP contribution in [-0.2, 0) is 15.7 Å². The molecule has 0 aromatic carbocycles. The van der Waals surface area contributed by atoms with Crippen LogP contribution in [0.1, 0.15) is 79.1 Å². The van der Waals surface area contributed by atoms with Gasteiger partial charge < -0.3 is 0 Å². The zero-order valence-electron chi connectivity index (χ0n) is 17.7. The molecule has 0 heterocycles. The van der Waals surface area contributed by atoms with Crippen molar-refractivity contribution in [2.24, 2.45) is 11.8 Å². The van der Waals surface area contributed by atoms with E-state index in [-0.39, 0.29) is 23.8 Å². The first kappa shape index (κ1) is 27.4. The normalized spacial score (nSPS) is 13.9. The van der Waals surface area contributed by atoms with Crippen molar-refractivity contribution in [1.29, 1.82) is 0 Å². The molecule has 0 aromatic rings. The molecule has 7 heteroatoms. The average molecular weight is 527 g/mol. The van der Waals surface area contributed by atoms with Gasteiger partial charge in [-0.05, 0) is 0 Å². The van der Waals surface area contributed by atoms with Crippen molar-refractivity contribution in [1.82, 2.24) is 0 Å². The van der Waals surface area contributed by atoms with Crippen LogP contribution in [0.15, 0.2) is 0 Å². The first-order chi connectivity index (χ1) is 12.9. The molecule has 0 saturated carbocycles. The fourth-order valence-corrected chi connectivity index (χ4v) is 13.8. The van der Waals surface area contributed by atoms with Crippen LogP contribution in [0.4, 0.5) is 0 Å². The summed E-state index contributed by atoms with van der Waals surface area (Å²) in [6.07, 6.45) is 7.18. The van der Waals surface area contributed by atoms with Crippen LogP contribution >= 0.6 is 25.3 Å². The Morgan fingerprint density at radius 1 is 0.741 bits per heavy atom. The Labute approximate surface area is 182 Å². The van der Waals surface area contributed by atoms with Crippen LogP contribution in [0.25, 0.3) is 0 Å². The van der Waals surface area contributed by atoms with Crippen LogP contribution in [0.3, 0.4) is 0 Å². The van der Waals surface area contributed by atoms with Crippen molar-refractivity contribution >= 4 is 56.4 Å². The first-order valence-corrected chi connectivity index (χ1v) is 18.2. The summed E-state index contributed by atoms with van der Waals surface area (Å²) >= 11 is 4.80. The molecule has 0 aliphatic rings. The summed E-state index contributed by atoms with van der Waals surface area (Å²) in [7, 11) is 0. The maximum atomic E-state index is 12.8. The molecule has 0 N–H and O–H groups in total. The van der Waals surface area contributed by atoms with Gasteiger partial charge in [0.05, 0.1) is 0 Å². The molecule has 4 nitrogen and oxygen atoms in total. The van der Waals surface area contributed by atoms with Gasteiger partial charge in [-0.1, -0.05) is 0 Å². The van der Waals surface area contributed by atoms with Crippen molar-refractivity contribution in [3.8, 4) is 0 Å². The fourth-order valence-electron chi connectivity index (χ4n) is 3.04. The summed E-state index contributed by atoms with van der Waals surface area (Å²) in [6.45, 7) is 8.33. The summed E-state index contributed by atoms with van der Waals surface area (Å²) in [5.41, 5.74) is 0. The van der Waals surface area contributed by atoms with Crippen LogP contribution in [0.5, 0.6) is 0 Å². The molecule has 2 unspecified atom stereocenters. The number of carbonyl (C=O) groups is 2. The Morgan fingerprint density at radius 3 is 1.37 bits per heavy atom. The van der Waals surface area contributed by atoms with Crippen LogP contribution in [0.2, 0.25) is 8.87 Å².